The molecule has 7 nitrogen and oxygen atoms in total. The minimum atomic E-state index is -0.810. The molecule has 1 aliphatic rings. The number of aromatic amines is 1. The molecule has 2 heterocycles. The zero-order chi connectivity index (χ0) is 17.4. The number of carbonyl (C=O) groups is 1. The number of fused-ring (bicyclic) bond motifs is 2. The lowest BCUT2D eigenvalue weighted by Gasteiger charge is -2.09. The molecule has 0 saturated heterocycles. The molecule has 1 unspecified atom stereocenters. The van der Waals surface area contributed by atoms with Crippen molar-refractivity contribution in [3.63, 3.8) is 0 Å². The number of H-pyrrole nitrogens is 1. The molecule has 0 fully saturated rings. The van der Waals surface area contributed by atoms with E-state index in [1.807, 2.05) is 36.4 Å². The van der Waals surface area contributed by atoms with E-state index in [4.69, 9.17) is 20.3 Å². The van der Waals surface area contributed by atoms with E-state index in [0.717, 1.165) is 22.2 Å². The standard InChI is InChI=1S/C18H17N3O4/c19-17(11-3-5-14-15(8-11)25-9-24-14)18-20-12-4-1-10(2-6-16(22)23)7-13(12)21-18/h1,3-5,7-8,17H,2,6,9,19H2,(H,20,21)(H,22,23). The zero-order valence-corrected chi connectivity index (χ0v) is 13.4. The average Bonchev–Trinajstić information content (AvgIpc) is 3.24. The van der Waals surface area contributed by atoms with Gasteiger partial charge < -0.3 is 25.3 Å². The maximum atomic E-state index is 10.7. The summed E-state index contributed by atoms with van der Waals surface area (Å²) in [6.07, 6.45) is 0.580. The van der Waals surface area contributed by atoms with Crippen molar-refractivity contribution in [1.29, 1.82) is 0 Å². The number of nitrogens with one attached hydrogen (secondary N) is 1. The largest absolute Gasteiger partial charge is 0.481 e. The third kappa shape index (κ3) is 3.01. The quantitative estimate of drug-likeness (QED) is 0.658. The highest BCUT2D eigenvalue weighted by Gasteiger charge is 2.19. The number of carboxylic acids is 1. The van der Waals surface area contributed by atoms with Crippen LogP contribution in [0.1, 0.15) is 29.4 Å². The first kappa shape index (κ1) is 15.5. The monoisotopic (exact) mass is 339 g/mol. The molecule has 1 aromatic heterocycles. The van der Waals surface area contributed by atoms with E-state index in [1.54, 1.807) is 0 Å². The summed E-state index contributed by atoms with van der Waals surface area (Å²) in [5.41, 5.74) is 9.80. The van der Waals surface area contributed by atoms with Crippen molar-refractivity contribution < 1.29 is 19.4 Å². The molecule has 0 bridgehead atoms. The van der Waals surface area contributed by atoms with Crippen LogP contribution in [0.2, 0.25) is 0 Å². The number of benzene rings is 2. The number of aryl methyl sites for hydroxylation is 1. The summed E-state index contributed by atoms with van der Waals surface area (Å²) in [5, 5.41) is 8.80. The molecule has 4 rings (SSSR count). The van der Waals surface area contributed by atoms with E-state index in [-0.39, 0.29) is 13.2 Å². The number of aliphatic carboxylic acids is 1. The third-order valence-electron chi connectivity index (χ3n) is 4.24. The fourth-order valence-corrected chi connectivity index (χ4v) is 2.90. The van der Waals surface area contributed by atoms with Gasteiger partial charge in [0, 0.05) is 6.42 Å². The second kappa shape index (κ2) is 6.10. The van der Waals surface area contributed by atoms with Crippen LogP contribution in [0.4, 0.5) is 0 Å². The maximum absolute atomic E-state index is 10.7. The number of ether oxygens (including phenoxy) is 2. The molecule has 3 aromatic rings. The minimum Gasteiger partial charge on any atom is -0.481 e. The Hall–Kier alpha value is -3.06. The number of imidazole rings is 1. The molecule has 0 amide bonds. The van der Waals surface area contributed by atoms with E-state index < -0.39 is 12.0 Å². The highest BCUT2D eigenvalue weighted by atomic mass is 16.7. The zero-order valence-electron chi connectivity index (χ0n) is 13.4. The van der Waals surface area contributed by atoms with E-state index in [0.29, 0.717) is 23.7 Å². The molecule has 0 spiro atoms. The second-order valence-corrected chi connectivity index (χ2v) is 5.96. The molecule has 1 atom stereocenters. The van der Waals surface area contributed by atoms with Crippen LogP contribution in [-0.2, 0) is 11.2 Å². The van der Waals surface area contributed by atoms with E-state index in [2.05, 4.69) is 9.97 Å². The fourth-order valence-electron chi connectivity index (χ4n) is 2.90. The van der Waals surface area contributed by atoms with Gasteiger partial charge in [0.25, 0.3) is 0 Å². The highest BCUT2D eigenvalue weighted by Crippen LogP contribution is 2.34. The van der Waals surface area contributed by atoms with Crippen LogP contribution in [-0.4, -0.2) is 27.8 Å². The van der Waals surface area contributed by atoms with Crippen molar-refractivity contribution in [2.24, 2.45) is 5.73 Å². The molecule has 2 aromatic carbocycles. The topological polar surface area (TPSA) is 110 Å². The molecule has 4 N–H and O–H groups in total. The van der Waals surface area contributed by atoms with Gasteiger partial charge in [0.05, 0.1) is 17.1 Å². The van der Waals surface area contributed by atoms with Gasteiger partial charge in [-0.25, -0.2) is 4.98 Å². The normalized spacial score (nSPS) is 14.0. The number of hydrogen-bond acceptors (Lipinski definition) is 5. The van der Waals surface area contributed by atoms with Gasteiger partial charge in [0.1, 0.15) is 5.82 Å². The Morgan fingerprint density at radius 2 is 2.08 bits per heavy atom. The number of rotatable bonds is 5. The lowest BCUT2D eigenvalue weighted by atomic mass is 10.1. The van der Waals surface area contributed by atoms with Crippen molar-refractivity contribution in [3.05, 3.63) is 53.3 Å². The average molecular weight is 339 g/mol. The minimum absolute atomic E-state index is 0.100. The van der Waals surface area contributed by atoms with Crippen LogP contribution in [0.3, 0.4) is 0 Å². The summed E-state index contributed by atoms with van der Waals surface area (Å²) >= 11 is 0. The lowest BCUT2D eigenvalue weighted by molar-refractivity contribution is -0.136. The first-order valence-corrected chi connectivity index (χ1v) is 7.95. The Morgan fingerprint density at radius 1 is 1.24 bits per heavy atom. The van der Waals surface area contributed by atoms with Gasteiger partial charge in [-0.1, -0.05) is 12.1 Å². The van der Waals surface area contributed by atoms with Gasteiger partial charge >= 0.3 is 5.97 Å². The van der Waals surface area contributed by atoms with E-state index in [9.17, 15) is 4.79 Å². The van der Waals surface area contributed by atoms with Gasteiger partial charge in [0.2, 0.25) is 6.79 Å². The Balaban J connectivity index is 1.61. The van der Waals surface area contributed by atoms with Crippen molar-refractivity contribution in [2.45, 2.75) is 18.9 Å². The molecular formula is C18H17N3O4. The Kier molecular flexibility index (Phi) is 3.77. The van der Waals surface area contributed by atoms with Crippen LogP contribution >= 0.6 is 0 Å². The highest BCUT2D eigenvalue weighted by molar-refractivity contribution is 5.76. The first-order chi connectivity index (χ1) is 12.1. The molecule has 25 heavy (non-hydrogen) atoms. The maximum Gasteiger partial charge on any atom is 0.303 e. The summed E-state index contributed by atoms with van der Waals surface area (Å²) in [7, 11) is 0. The van der Waals surface area contributed by atoms with Crippen LogP contribution in [0, 0.1) is 0 Å². The van der Waals surface area contributed by atoms with E-state index in [1.165, 1.54) is 0 Å². The van der Waals surface area contributed by atoms with Gasteiger partial charge in [-0.15, -0.1) is 0 Å². The van der Waals surface area contributed by atoms with Gasteiger partial charge in [-0.3, -0.25) is 4.79 Å². The predicted molar refractivity (Wildman–Crippen MR) is 90.6 cm³/mol. The van der Waals surface area contributed by atoms with Crippen LogP contribution in [0.15, 0.2) is 36.4 Å². The number of aromatic nitrogens is 2. The Bertz CT molecular complexity index is 951. The summed E-state index contributed by atoms with van der Waals surface area (Å²) in [6.45, 7) is 0.220. The van der Waals surface area contributed by atoms with Gasteiger partial charge in [0.15, 0.2) is 11.5 Å². The van der Waals surface area contributed by atoms with Crippen molar-refractivity contribution in [3.8, 4) is 11.5 Å². The number of nitrogens with two attached hydrogens (primary N) is 1. The predicted octanol–water partition coefficient (Wildman–Crippen LogP) is 2.36. The van der Waals surface area contributed by atoms with Crippen LogP contribution in [0.25, 0.3) is 11.0 Å². The molecule has 7 heteroatoms. The molecule has 0 saturated carbocycles. The third-order valence-corrected chi connectivity index (χ3v) is 4.24. The Morgan fingerprint density at radius 3 is 2.92 bits per heavy atom. The molecule has 128 valence electrons. The molecule has 0 radical (unpaired) electrons. The SMILES string of the molecule is NC(c1ccc2c(c1)OCO2)c1nc2ccc(CCC(=O)O)cc2[nH]1. The number of hydrogen-bond donors (Lipinski definition) is 3. The summed E-state index contributed by atoms with van der Waals surface area (Å²) in [4.78, 5) is 18.5. The number of carboxylic acid groups (broad SMARTS) is 1. The van der Waals surface area contributed by atoms with Crippen molar-refractivity contribution in [1.82, 2.24) is 9.97 Å². The van der Waals surface area contributed by atoms with Crippen molar-refractivity contribution in [2.75, 3.05) is 6.79 Å². The summed E-state index contributed by atoms with van der Waals surface area (Å²) in [5.74, 6) is 1.23. The fraction of sp³-hybridized carbons (Fsp3) is 0.222. The van der Waals surface area contributed by atoms with Crippen molar-refractivity contribution >= 4 is 17.0 Å². The second-order valence-electron chi connectivity index (χ2n) is 5.96. The number of nitrogens with zero attached hydrogens (tertiary/aromatic N) is 1. The van der Waals surface area contributed by atoms with Crippen LogP contribution in [0.5, 0.6) is 11.5 Å². The molecule has 1 aliphatic heterocycles. The smallest absolute Gasteiger partial charge is 0.303 e. The van der Waals surface area contributed by atoms with Gasteiger partial charge in [-0.05, 0) is 41.8 Å². The first-order valence-electron chi connectivity index (χ1n) is 7.95. The van der Waals surface area contributed by atoms with Gasteiger partial charge in [-0.2, -0.15) is 0 Å². The summed E-state index contributed by atoms with van der Waals surface area (Å²) < 4.78 is 10.7. The lowest BCUT2D eigenvalue weighted by Crippen LogP contribution is -2.13. The Labute approximate surface area is 143 Å². The van der Waals surface area contributed by atoms with Crippen LogP contribution < -0.4 is 15.2 Å². The molecular weight excluding hydrogens is 322 g/mol. The summed E-state index contributed by atoms with van der Waals surface area (Å²) in [6, 6.07) is 10.8. The molecule has 0 aliphatic carbocycles. The van der Waals surface area contributed by atoms with E-state index >= 15 is 0 Å².